The summed E-state index contributed by atoms with van der Waals surface area (Å²) in [4.78, 5) is 0. The van der Waals surface area contributed by atoms with E-state index in [9.17, 15) is 0 Å². The Morgan fingerprint density at radius 1 is 1.36 bits per heavy atom. The van der Waals surface area contributed by atoms with Gasteiger partial charge in [0.2, 0.25) is 0 Å². The Balaban J connectivity index is 2.18. The van der Waals surface area contributed by atoms with E-state index < -0.39 is 0 Å². The minimum atomic E-state index is 0.797. The van der Waals surface area contributed by atoms with Crippen LogP contribution in [0.5, 0.6) is 0 Å². The van der Waals surface area contributed by atoms with Crippen LogP contribution in [0.3, 0.4) is 0 Å². The van der Waals surface area contributed by atoms with Crippen LogP contribution < -0.4 is 0 Å². The smallest absolute Gasteiger partial charge is 0.000883 e. The number of hydrogen-bond donors (Lipinski definition) is 0. The van der Waals surface area contributed by atoms with E-state index in [2.05, 4.69) is 32.1 Å². The predicted molar refractivity (Wildman–Crippen MR) is 48.3 cm³/mol. The molecule has 1 fully saturated rings. The summed E-state index contributed by atoms with van der Waals surface area (Å²) in [6.07, 6.45) is 9.66. The van der Waals surface area contributed by atoms with Crippen molar-refractivity contribution in [2.24, 2.45) is 17.8 Å². The molecule has 60 valence electrons. The van der Waals surface area contributed by atoms with Crippen LogP contribution >= 0.6 is 0 Å². The topological polar surface area (TPSA) is 0 Å². The van der Waals surface area contributed by atoms with Gasteiger partial charge >= 0.3 is 0 Å². The Kier molecular flexibility index (Phi) is 1.63. The molecule has 0 saturated heterocycles. The highest BCUT2D eigenvalue weighted by Gasteiger charge is 2.28. The second-order valence-corrected chi connectivity index (χ2v) is 4.17. The fourth-order valence-electron chi connectivity index (χ4n) is 2.56. The highest BCUT2D eigenvalue weighted by Crippen LogP contribution is 2.40. The van der Waals surface area contributed by atoms with Crippen molar-refractivity contribution in [2.45, 2.75) is 26.7 Å². The molecule has 2 rings (SSSR count). The number of rotatable bonds is 0. The van der Waals surface area contributed by atoms with Crippen LogP contribution in [0.1, 0.15) is 26.7 Å². The molecule has 2 aliphatic carbocycles. The fourth-order valence-corrected chi connectivity index (χ4v) is 2.56. The first-order chi connectivity index (χ1) is 5.27. The molecule has 0 spiro atoms. The zero-order valence-corrected chi connectivity index (χ0v) is 7.38. The Bertz CT molecular complexity index is 210. The van der Waals surface area contributed by atoms with Gasteiger partial charge in [-0.1, -0.05) is 37.6 Å². The highest BCUT2D eigenvalue weighted by atomic mass is 14.3. The Hall–Kier alpha value is -0.520. The first-order valence-electron chi connectivity index (χ1n) is 4.64. The zero-order valence-electron chi connectivity index (χ0n) is 7.38. The van der Waals surface area contributed by atoms with Gasteiger partial charge in [0.15, 0.2) is 0 Å². The van der Waals surface area contributed by atoms with Crippen molar-refractivity contribution in [3.05, 3.63) is 23.8 Å². The van der Waals surface area contributed by atoms with Crippen LogP contribution in [0.2, 0.25) is 0 Å². The normalized spacial score (nSPS) is 42.0. The summed E-state index contributed by atoms with van der Waals surface area (Å²) < 4.78 is 0. The summed E-state index contributed by atoms with van der Waals surface area (Å²) in [5.74, 6) is 2.59. The number of allylic oxidation sites excluding steroid dienone is 4. The van der Waals surface area contributed by atoms with Crippen LogP contribution in [0.4, 0.5) is 0 Å². The summed E-state index contributed by atoms with van der Waals surface area (Å²) >= 11 is 0. The molecule has 3 unspecified atom stereocenters. The standard InChI is InChI=1S/C11H16/c1-8-6-9(2)11-5-3-4-10(11)7-8/h3-5,8-9,11H,6-7H2,1-2H3. The summed E-state index contributed by atoms with van der Waals surface area (Å²) in [7, 11) is 0. The van der Waals surface area contributed by atoms with Crippen molar-refractivity contribution in [2.75, 3.05) is 0 Å². The summed E-state index contributed by atoms with van der Waals surface area (Å²) in [6, 6.07) is 0. The van der Waals surface area contributed by atoms with Crippen molar-refractivity contribution in [3.8, 4) is 0 Å². The molecule has 0 bridgehead atoms. The van der Waals surface area contributed by atoms with Gasteiger partial charge in [0, 0.05) is 5.92 Å². The summed E-state index contributed by atoms with van der Waals surface area (Å²) in [5, 5.41) is 0. The third-order valence-corrected chi connectivity index (χ3v) is 3.03. The van der Waals surface area contributed by atoms with Crippen molar-refractivity contribution in [1.29, 1.82) is 0 Å². The van der Waals surface area contributed by atoms with Gasteiger partial charge in [-0.15, -0.1) is 0 Å². The minimum absolute atomic E-state index is 0.797. The average Bonchev–Trinajstić information content (AvgIpc) is 2.34. The second kappa shape index (κ2) is 2.51. The van der Waals surface area contributed by atoms with Crippen LogP contribution in [-0.4, -0.2) is 0 Å². The van der Waals surface area contributed by atoms with E-state index >= 15 is 0 Å². The van der Waals surface area contributed by atoms with Gasteiger partial charge in [-0.25, -0.2) is 0 Å². The predicted octanol–water partition coefficient (Wildman–Crippen LogP) is 3.16. The lowest BCUT2D eigenvalue weighted by Crippen LogP contribution is -2.20. The van der Waals surface area contributed by atoms with Crippen molar-refractivity contribution >= 4 is 0 Å². The van der Waals surface area contributed by atoms with Gasteiger partial charge in [0.25, 0.3) is 0 Å². The van der Waals surface area contributed by atoms with E-state index in [1.807, 2.05) is 0 Å². The molecule has 2 aliphatic rings. The van der Waals surface area contributed by atoms with Gasteiger partial charge in [0.05, 0.1) is 0 Å². The lowest BCUT2D eigenvalue weighted by molar-refractivity contribution is 0.310. The molecule has 0 heteroatoms. The molecule has 0 aromatic rings. The van der Waals surface area contributed by atoms with Gasteiger partial charge in [-0.05, 0) is 24.7 Å². The molecule has 0 amide bonds. The van der Waals surface area contributed by atoms with E-state index in [0.29, 0.717) is 0 Å². The molecule has 0 heterocycles. The number of hydrogen-bond acceptors (Lipinski definition) is 0. The van der Waals surface area contributed by atoms with Crippen LogP contribution in [0.15, 0.2) is 23.8 Å². The monoisotopic (exact) mass is 148 g/mol. The maximum atomic E-state index is 2.38. The van der Waals surface area contributed by atoms with E-state index in [-0.39, 0.29) is 0 Å². The Morgan fingerprint density at radius 3 is 3.00 bits per heavy atom. The number of fused-ring (bicyclic) bond motifs is 1. The zero-order chi connectivity index (χ0) is 7.84. The molecular formula is C11H16. The maximum absolute atomic E-state index is 2.38. The van der Waals surface area contributed by atoms with Crippen molar-refractivity contribution in [1.82, 2.24) is 0 Å². The average molecular weight is 148 g/mol. The lowest BCUT2D eigenvalue weighted by Gasteiger charge is -2.31. The van der Waals surface area contributed by atoms with Crippen LogP contribution in [0, 0.1) is 17.8 Å². The molecule has 0 aliphatic heterocycles. The third-order valence-electron chi connectivity index (χ3n) is 3.03. The van der Waals surface area contributed by atoms with Gasteiger partial charge in [-0.2, -0.15) is 0 Å². The summed E-state index contributed by atoms with van der Waals surface area (Å²) in [5.41, 5.74) is 1.68. The lowest BCUT2D eigenvalue weighted by atomic mass is 9.74. The van der Waals surface area contributed by atoms with E-state index in [1.54, 1.807) is 5.57 Å². The van der Waals surface area contributed by atoms with Crippen molar-refractivity contribution < 1.29 is 0 Å². The maximum Gasteiger partial charge on any atom is 0.000883 e. The quantitative estimate of drug-likeness (QED) is 0.495. The van der Waals surface area contributed by atoms with E-state index in [0.717, 1.165) is 17.8 Å². The molecule has 0 radical (unpaired) electrons. The molecule has 0 nitrogen and oxygen atoms in total. The van der Waals surface area contributed by atoms with E-state index in [4.69, 9.17) is 0 Å². The largest absolute Gasteiger partial charge is 0.0771 e. The van der Waals surface area contributed by atoms with Gasteiger partial charge in [-0.3, -0.25) is 0 Å². The molecule has 1 saturated carbocycles. The first kappa shape index (κ1) is 7.15. The molecule has 0 aromatic carbocycles. The van der Waals surface area contributed by atoms with Crippen molar-refractivity contribution in [3.63, 3.8) is 0 Å². The molecule has 3 atom stereocenters. The third kappa shape index (κ3) is 1.15. The SMILES string of the molecule is CC1CC2=CC=CC2C(C)C1. The molecular weight excluding hydrogens is 132 g/mol. The molecule has 11 heavy (non-hydrogen) atoms. The second-order valence-electron chi connectivity index (χ2n) is 4.17. The van der Waals surface area contributed by atoms with Crippen LogP contribution in [-0.2, 0) is 0 Å². The first-order valence-corrected chi connectivity index (χ1v) is 4.64. The fraction of sp³-hybridized carbons (Fsp3) is 0.636. The molecule has 0 N–H and O–H groups in total. The summed E-state index contributed by atoms with van der Waals surface area (Å²) in [6.45, 7) is 4.75. The minimum Gasteiger partial charge on any atom is -0.0771 e. The van der Waals surface area contributed by atoms with Gasteiger partial charge in [0.1, 0.15) is 0 Å². The molecule has 0 aromatic heterocycles. The van der Waals surface area contributed by atoms with Crippen LogP contribution in [0.25, 0.3) is 0 Å². The Morgan fingerprint density at radius 2 is 2.18 bits per heavy atom. The Labute approximate surface area is 69.0 Å². The highest BCUT2D eigenvalue weighted by molar-refractivity contribution is 5.29. The van der Waals surface area contributed by atoms with Gasteiger partial charge < -0.3 is 0 Å². The van der Waals surface area contributed by atoms with E-state index in [1.165, 1.54) is 12.8 Å².